The summed E-state index contributed by atoms with van der Waals surface area (Å²) in [5.74, 6) is 0.797. The summed E-state index contributed by atoms with van der Waals surface area (Å²) in [5, 5.41) is 3.49. The lowest BCUT2D eigenvalue weighted by molar-refractivity contribution is 0.368. The van der Waals surface area contributed by atoms with Gasteiger partial charge in [-0.1, -0.05) is 40.0 Å². The van der Waals surface area contributed by atoms with Crippen LogP contribution in [0, 0.1) is 5.92 Å². The van der Waals surface area contributed by atoms with Gasteiger partial charge < -0.3 is 9.88 Å². The van der Waals surface area contributed by atoms with Gasteiger partial charge in [0.25, 0.3) is 0 Å². The van der Waals surface area contributed by atoms with E-state index in [2.05, 4.69) is 41.8 Å². The molecule has 0 aliphatic carbocycles. The second-order valence-electron chi connectivity index (χ2n) is 6.34. The fourth-order valence-corrected chi connectivity index (χ4v) is 3.20. The van der Waals surface area contributed by atoms with Gasteiger partial charge in [-0.2, -0.15) is 0 Å². The molecule has 2 heterocycles. The SMILES string of the molecule is CCCCC(CC)Cn1cncc1C1(C)CCNC1. The van der Waals surface area contributed by atoms with Gasteiger partial charge in [0.1, 0.15) is 0 Å². The molecule has 1 aliphatic rings. The number of nitrogens with one attached hydrogen (secondary N) is 1. The molecular weight excluding hydrogens is 234 g/mol. The van der Waals surface area contributed by atoms with Gasteiger partial charge in [0.15, 0.2) is 0 Å². The van der Waals surface area contributed by atoms with E-state index in [9.17, 15) is 0 Å². The van der Waals surface area contributed by atoms with Gasteiger partial charge in [0.2, 0.25) is 0 Å². The summed E-state index contributed by atoms with van der Waals surface area (Å²) in [6.07, 6.45) is 10.6. The largest absolute Gasteiger partial charge is 0.334 e. The number of imidazole rings is 1. The van der Waals surface area contributed by atoms with Crippen molar-refractivity contribution in [3.05, 3.63) is 18.2 Å². The van der Waals surface area contributed by atoms with E-state index in [0.717, 1.165) is 25.6 Å². The van der Waals surface area contributed by atoms with Gasteiger partial charge in [-0.15, -0.1) is 0 Å². The lowest BCUT2D eigenvalue weighted by Crippen LogP contribution is -2.29. The van der Waals surface area contributed by atoms with E-state index in [1.165, 1.54) is 37.8 Å². The van der Waals surface area contributed by atoms with Crippen LogP contribution in [0.1, 0.15) is 58.6 Å². The second kappa shape index (κ2) is 6.56. The van der Waals surface area contributed by atoms with Gasteiger partial charge in [0.05, 0.1) is 6.33 Å². The fourth-order valence-electron chi connectivity index (χ4n) is 3.20. The quantitative estimate of drug-likeness (QED) is 0.817. The van der Waals surface area contributed by atoms with Crippen LogP contribution in [0.2, 0.25) is 0 Å². The molecule has 0 spiro atoms. The predicted molar refractivity (Wildman–Crippen MR) is 80.4 cm³/mol. The first-order chi connectivity index (χ1) is 9.19. The number of rotatable bonds is 7. The second-order valence-corrected chi connectivity index (χ2v) is 6.34. The van der Waals surface area contributed by atoms with Crippen molar-refractivity contribution in [1.29, 1.82) is 0 Å². The highest BCUT2D eigenvalue weighted by atomic mass is 15.1. The van der Waals surface area contributed by atoms with Crippen LogP contribution < -0.4 is 5.32 Å². The average molecular weight is 263 g/mol. The standard InChI is InChI=1S/C16H29N3/c1-4-6-7-14(5-2)11-19-13-18-10-15(19)16(3)8-9-17-12-16/h10,13-14,17H,4-9,11-12H2,1-3H3. The average Bonchev–Trinajstić information content (AvgIpc) is 3.04. The molecule has 0 aromatic carbocycles. The van der Waals surface area contributed by atoms with Crippen molar-refractivity contribution in [3.63, 3.8) is 0 Å². The summed E-state index contributed by atoms with van der Waals surface area (Å²) in [5.41, 5.74) is 1.70. The summed E-state index contributed by atoms with van der Waals surface area (Å²) in [6, 6.07) is 0. The van der Waals surface area contributed by atoms with E-state index in [0.29, 0.717) is 0 Å². The topological polar surface area (TPSA) is 29.9 Å². The molecular formula is C16H29N3. The predicted octanol–water partition coefficient (Wildman–Crippen LogP) is 3.35. The van der Waals surface area contributed by atoms with E-state index in [4.69, 9.17) is 0 Å². The molecule has 3 nitrogen and oxygen atoms in total. The number of unbranched alkanes of at least 4 members (excludes halogenated alkanes) is 1. The Labute approximate surface area is 117 Å². The highest BCUT2D eigenvalue weighted by Crippen LogP contribution is 2.30. The van der Waals surface area contributed by atoms with E-state index >= 15 is 0 Å². The third kappa shape index (κ3) is 3.38. The summed E-state index contributed by atoms with van der Waals surface area (Å²) < 4.78 is 2.41. The van der Waals surface area contributed by atoms with Crippen LogP contribution in [0.3, 0.4) is 0 Å². The Morgan fingerprint density at radius 3 is 2.95 bits per heavy atom. The highest BCUT2D eigenvalue weighted by Gasteiger charge is 2.33. The van der Waals surface area contributed by atoms with Gasteiger partial charge in [0, 0.05) is 30.4 Å². The molecule has 19 heavy (non-hydrogen) atoms. The first kappa shape index (κ1) is 14.6. The molecule has 0 amide bonds. The van der Waals surface area contributed by atoms with E-state index in [-0.39, 0.29) is 5.41 Å². The van der Waals surface area contributed by atoms with Crippen molar-refractivity contribution < 1.29 is 0 Å². The Morgan fingerprint density at radius 1 is 1.47 bits per heavy atom. The molecule has 0 bridgehead atoms. The lowest BCUT2D eigenvalue weighted by Gasteiger charge is -2.26. The lowest BCUT2D eigenvalue weighted by atomic mass is 9.86. The smallest absolute Gasteiger partial charge is 0.0948 e. The summed E-state index contributed by atoms with van der Waals surface area (Å²) in [6.45, 7) is 10.3. The monoisotopic (exact) mass is 263 g/mol. The Hall–Kier alpha value is -0.830. The minimum absolute atomic E-state index is 0.277. The molecule has 108 valence electrons. The van der Waals surface area contributed by atoms with Crippen LogP contribution in [-0.4, -0.2) is 22.6 Å². The van der Waals surface area contributed by atoms with Crippen LogP contribution in [0.15, 0.2) is 12.5 Å². The van der Waals surface area contributed by atoms with E-state index in [1.807, 2.05) is 6.33 Å². The first-order valence-electron chi connectivity index (χ1n) is 7.91. The zero-order chi connectivity index (χ0) is 13.7. The molecule has 1 aromatic heterocycles. The molecule has 0 radical (unpaired) electrons. The van der Waals surface area contributed by atoms with Crippen LogP contribution in [0.5, 0.6) is 0 Å². The van der Waals surface area contributed by atoms with E-state index in [1.54, 1.807) is 0 Å². The van der Waals surface area contributed by atoms with Gasteiger partial charge in [-0.05, 0) is 25.3 Å². The number of aromatic nitrogens is 2. The number of hydrogen-bond donors (Lipinski definition) is 1. The number of nitrogens with zero attached hydrogens (tertiary/aromatic N) is 2. The Bertz CT molecular complexity index is 377. The third-order valence-electron chi connectivity index (χ3n) is 4.70. The maximum atomic E-state index is 4.41. The summed E-state index contributed by atoms with van der Waals surface area (Å²) >= 11 is 0. The van der Waals surface area contributed by atoms with Crippen molar-refractivity contribution in [2.75, 3.05) is 13.1 Å². The van der Waals surface area contributed by atoms with Crippen molar-refractivity contribution in [3.8, 4) is 0 Å². The third-order valence-corrected chi connectivity index (χ3v) is 4.70. The molecule has 2 atom stereocenters. The fraction of sp³-hybridized carbons (Fsp3) is 0.812. The molecule has 1 aliphatic heterocycles. The molecule has 2 rings (SSSR count). The van der Waals surface area contributed by atoms with Gasteiger partial charge in [-0.3, -0.25) is 0 Å². The van der Waals surface area contributed by atoms with Crippen molar-refractivity contribution >= 4 is 0 Å². The molecule has 0 saturated carbocycles. The van der Waals surface area contributed by atoms with Crippen molar-refractivity contribution in [1.82, 2.24) is 14.9 Å². The molecule has 1 aromatic rings. The van der Waals surface area contributed by atoms with Crippen molar-refractivity contribution in [2.24, 2.45) is 5.92 Å². The van der Waals surface area contributed by atoms with Crippen molar-refractivity contribution in [2.45, 2.75) is 64.8 Å². The van der Waals surface area contributed by atoms with Crippen LogP contribution in [-0.2, 0) is 12.0 Å². The Morgan fingerprint density at radius 2 is 2.32 bits per heavy atom. The summed E-state index contributed by atoms with van der Waals surface area (Å²) in [4.78, 5) is 4.41. The van der Waals surface area contributed by atoms with Crippen LogP contribution in [0.25, 0.3) is 0 Å². The highest BCUT2D eigenvalue weighted by molar-refractivity contribution is 5.17. The maximum absolute atomic E-state index is 4.41. The maximum Gasteiger partial charge on any atom is 0.0948 e. The molecule has 1 N–H and O–H groups in total. The van der Waals surface area contributed by atoms with Crippen LogP contribution in [0.4, 0.5) is 0 Å². The zero-order valence-electron chi connectivity index (χ0n) is 12.8. The van der Waals surface area contributed by atoms with Crippen LogP contribution >= 0.6 is 0 Å². The molecule has 2 unspecified atom stereocenters. The Kier molecular flexibility index (Phi) is 5.03. The van der Waals surface area contributed by atoms with E-state index < -0.39 is 0 Å². The normalized spacial score (nSPS) is 24.8. The molecule has 3 heteroatoms. The number of hydrogen-bond acceptors (Lipinski definition) is 2. The summed E-state index contributed by atoms with van der Waals surface area (Å²) in [7, 11) is 0. The Balaban J connectivity index is 2.06. The zero-order valence-corrected chi connectivity index (χ0v) is 12.8. The first-order valence-corrected chi connectivity index (χ1v) is 7.91. The van der Waals surface area contributed by atoms with Gasteiger partial charge in [-0.25, -0.2) is 4.98 Å². The minimum atomic E-state index is 0.277. The molecule has 1 saturated heterocycles. The molecule has 1 fully saturated rings. The minimum Gasteiger partial charge on any atom is -0.334 e. The van der Waals surface area contributed by atoms with Gasteiger partial charge >= 0.3 is 0 Å².